The number of sulfonamides is 1. The molecule has 108 valence electrons. The Kier molecular flexibility index (Phi) is 5.05. The SMILES string of the molecule is CNC(C)C1CCCCN1S(=O)(=O)c1ccc(Br)s1. The molecule has 2 rings (SSSR count). The first-order valence-corrected chi connectivity index (χ1v) is 9.46. The second-order valence-corrected chi connectivity index (χ2v) is 9.40. The number of hydrogen-bond acceptors (Lipinski definition) is 4. The molecule has 0 radical (unpaired) electrons. The Hall–Kier alpha value is 0.0500. The van der Waals surface area contributed by atoms with E-state index >= 15 is 0 Å². The van der Waals surface area contributed by atoms with Gasteiger partial charge in [-0.25, -0.2) is 8.42 Å². The fourth-order valence-electron chi connectivity index (χ4n) is 2.47. The van der Waals surface area contributed by atoms with E-state index in [0.717, 1.165) is 23.0 Å². The summed E-state index contributed by atoms with van der Waals surface area (Å²) in [5.41, 5.74) is 0. The van der Waals surface area contributed by atoms with Crippen molar-refractivity contribution in [1.29, 1.82) is 0 Å². The highest BCUT2D eigenvalue weighted by Crippen LogP contribution is 2.32. The molecule has 1 N–H and O–H groups in total. The van der Waals surface area contributed by atoms with Gasteiger partial charge in [0.1, 0.15) is 4.21 Å². The van der Waals surface area contributed by atoms with E-state index in [2.05, 4.69) is 21.2 Å². The molecule has 0 spiro atoms. The number of rotatable bonds is 4. The average molecular weight is 367 g/mol. The predicted octanol–water partition coefficient (Wildman–Crippen LogP) is 2.66. The second kappa shape index (κ2) is 6.22. The second-order valence-electron chi connectivity index (χ2n) is 4.81. The number of nitrogens with zero attached hydrogens (tertiary/aromatic N) is 1. The van der Waals surface area contributed by atoms with Crippen molar-refractivity contribution in [3.05, 3.63) is 15.9 Å². The van der Waals surface area contributed by atoms with Crippen molar-refractivity contribution in [2.24, 2.45) is 0 Å². The highest BCUT2D eigenvalue weighted by Gasteiger charge is 2.36. The Morgan fingerprint density at radius 2 is 2.21 bits per heavy atom. The molecule has 0 saturated carbocycles. The third-order valence-corrected chi connectivity index (χ3v) is 7.66. The predicted molar refractivity (Wildman–Crippen MR) is 82.1 cm³/mol. The molecule has 1 aromatic rings. The molecule has 1 saturated heterocycles. The van der Waals surface area contributed by atoms with Crippen LogP contribution >= 0.6 is 27.3 Å². The van der Waals surface area contributed by atoms with Gasteiger partial charge in [0, 0.05) is 18.6 Å². The summed E-state index contributed by atoms with van der Waals surface area (Å²) in [4.78, 5) is 0. The molecule has 0 aliphatic carbocycles. The summed E-state index contributed by atoms with van der Waals surface area (Å²) < 4.78 is 28.4. The van der Waals surface area contributed by atoms with E-state index in [0.29, 0.717) is 10.8 Å². The lowest BCUT2D eigenvalue weighted by molar-refractivity contribution is 0.214. The quantitative estimate of drug-likeness (QED) is 0.890. The van der Waals surface area contributed by atoms with Crippen molar-refractivity contribution >= 4 is 37.3 Å². The van der Waals surface area contributed by atoms with Gasteiger partial charge in [-0.1, -0.05) is 6.42 Å². The first-order valence-electron chi connectivity index (χ1n) is 6.41. The molecule has 2 unspecified atom stereocenters. The molecule has 7 heteroatoms. The molecular formula is C12H19BrN2O2S2. The minimum absolute atomic E-state index is 0.0459. The number of likely N-dealkylation sites (N-methyl/N-ethyl adjacent to an activating group) is 1. The zero-order valence-electron chi connectivity index (χ0n) is 11.1. The summed E-state index contributed by atoms with van der Waals surface area (Å²) in [6.07, 6.45) is 2.96. The highest BCUT2D eigenvalue weighted by molar-refractivity contribution is 9.11. The van der Waals surface area contributed by atoms with Gasteiger partial charge in [-0.2, -0.15) is 4.31 Å². The molecule has 0 aromatic carbocycles. The lowest BCUT2D eigenvalue weighted by atomic mass is 9.99. The normalized spacial score (nSPS) is 23.4. The Labute approximate surface area is 127 Å². The van der Waals surface area contributed by atoms with Crippen LogP contribution in [0.15, 0.2) is 20.1 Å². The van der Waals surface area contributed by atoms with E-state index in [1.54, 1.807) is 16.4 Å². The van der Waals surface area contributed by atoms with E-state index in [-0.39, 0.29) is 12.1 Å². The lowest BCUT2D eigenvalue weighted by Gasteiger charge is -2.37. The minimum atomic E-state index is -3.36. The summed E-state index contributed by atoms with van der Waals surface area (Å²) in [5.74, 6) is 0. The van der Waals surface area contributed by atoms with E-state index in [4.69, 9.17) is 0 Å². The van der Waals surface area contributed by atoms with Gasteiger partial charge in [0.25, 0.3) is 10.0 Å². The van der Waals surface area contributed by atoms with Crippen LogP contribution in [0.5, 0.6) is 0 Å². The molecule has 1 aliphatic rings. The number of piperidine rings is 1. The Morgan fingerprint density at radius 1 is 1.47 bits per heavy atom. The maximum absolute atomic E-state index is 12.7. The molecule has 1 aliphatic heterocycles. The summed E-state index contributed by atoms with van der Waals surface area (Å²) in [5, 5.41) is 3.18. The summed E-state index contributed by atoms with van der Waals surface area (Å²) >= 11 is 4.61. The van der Waals surface area contributed by atoms with Crippen LogP contribution in [0.1, 0.15) is 26.2 Å². The standard InChI is InChI=1S/C12H19BrN2O2S2/c1-9(14-2)10-5-3-4-8-15(10)19(16,17)12-7-6-11(13)18-12/h6-7,9-10,14H,3-5,8H2,1-2H3. The van der Waals surface area contributed by atoms with Crippen LogP contribution in [-0.2, 0) is 10.0 Å². The minimum Gasteiger partial charge on any atom is -0.316 e. The first kappa shape index (κ1) is 15.4. The Bertz CT molecular complexity index is 530. The van der Waals surface area contributed by atoms with Crippen LogP contribution in [0.3, 0.4) is 0 Å². The zero-order valence-corrected chi connectivity index (χ0v) is 14.3. The van der Waals surface area contributed by atoms with Gasteiger partial charge in [0.05, 0.1) is 3.79 Å². The molecule has 2 heterocycles. The van der Waals surface area contributed by atoms with Crippen molar-refractivity contribution in [1.82, 2.24) is 9.62 Å². The third kappa shape index (κ3) is 3.21. The highest BCUT2D eigenvalue weighted by atomic mass is 79.9. The van der Waals surface area contributed by atoms with E-state index in [1.165, 1.54) is 11.3 Å². The van der Waals surface area contributed by atoms with Crippen LogP contribution in [0.4, 0.5) is 0 Å². The fourth-order valence-corrected chi connectivity index (χ4v) is 6.38. The van der Waals surface area contributed by atoms with Crippen LogP contribution in [0.2, 0.25) is 0 Å². The number of halogens is 1. The van der Waals surface area contributed by atoms with Crippen molar-refractivity contribution in [3.63, 3.8) is 0 Å². The summed E-state index contributed by atoms with van der Waals surface area (Å²) in [6, 6.07) is 3.68. The molecule has 1 fully saturated rings. The van der Waals surface area contributed by atoms with Crippen molar-refractivity contribution < 1.29 is 8.42 Å². The van der Waals surface area contributed by atoms with Gasteiger partial charge in [-0.3, -0.25) is 0 Å². The van der Waals surface area contributed by atoms with Crippen LogP contribution < -0.4 is 5.32 Å². The number of nitrogens with one attached hydrogen (secondary N) is 1. The Balaban J connectivity index is 2.31. The topological polar surface area (TPSA) is 49.4 Å². The summed E-state index contributed by atoms with van der Waals surface area (Å²) in [6.45, 7) is 2.66. The maximum atomic E-state index is 12.7. The van der Waals surface area contributed by atoms with Crippen LogP contribution in [-0.4, -0.2) is 38.4 Å². The van der Waals surface area contributed by atoms with E-state index in [9.17, 15) is 8.42 Å². The molecule has 0 amide bonds. The lowest BCUT2D eigenvalue weighted by Crippen LogP contribution is -2.52. The summed E-state index contributed by atoms with van der Waals surface area (Å²) in [7, 11) is -1.48. The van der Waals surface area contributed by atoms with Crippen LogP contribution in [0.25, 0.3) is 0 Å². The molecule has 19 heavy (non-hydrogen) atoms. The number of thiophene rings is 1. The third-order valence-electron chi connectivity index (χ3n) is 3.64. The smallest absolute Gasteiger partial charge is 0.252 e. The monoisotopic (exact) mass is 366 g/mol. The first-order chi connectivity index (χ1) is 8.96. The molecule has 0 bridgehead atoms. The van der Waals surface area contributed by atoms with E-state index in [1.807, 2.05) is 14.0 Å². The van der Waals surface area contributed by atoms with Crippen molar-refractivity contribution in [2.75, 3.05) is 13.6 Å². The van der Waals surface area contributed by atoms with Gasteiger partial charge in [0.2, 0.25) is 0 Å². The molecular weight excluding hydrogens is 348 g/mol. The van der Waals surface area contributed by atoms with Gasteiger partial charge in [0.15, 0.2) is 0 Å². The van der Waals surface area contributed by atoms with Gasteiger partial charge >= 0.3 is 0 Å². The van der Waals surface area contributed by atoms with Gasteiger partial charge in [-0.15, -0.1) is 11.3 Å². The van der Waals surface area contributed by atoms with Crippen LogP contribution in [0, 0.1) is 0 Å². The van der Waals surface area contributed by atoms with E-state index < -0.39 is 10.0 Å². The zero-order chi connectivity index (χ0) is 14.0. The Morgan fingerprint density at radius 3 is 2.79 bits per heavy atom. The van der Waals surface area contributed by atoms with Crippen molar-refractivity contribution in [2.45, 2.75) is 42.5 Å². The largest absolute Gasteiger partial charge is 0.316 e. The van der Waals surface area contributed by atoms with Crippen molar-refractivity contribution in [3.8, 4) is 0 Å². The maximum Gasteiger partial charge on any atom is 0.252 e. The number of hydrogen-bond donors (Lipinski definition) is 1. The van der Waals surface area contributed by atoms with Gasteiger partial charge < -0.3 is 5.32 Å². The fraction of sp³-hybridized carbons (Fsp3) is 0.667. The average Bonchev–Trinajstić information content (AvgIpc) is 2.85. The van der Waals surface area contributed by atoms with Gasteiger partial charge in [-0.05, 0) is 54.9 Å². The molecule has 1 aromatic heterocycles. The molecule has 4 nitrogen and oxygen atoms in total. The molecule has 2 atom stereocenters.